The number of carbonyl (C=O) groups is 1. The Bertz CT molecular complexity index is 499. The van der Waals surface area contributed by atoms with Crippen LogP contribution in [0, 0.1) is 0 Å². The highest BCUT2D eigenvalue weighted by Gasteiger charge is 2.09. The second kappa shape index (κ2) is 3.96. The van der Waals surface area contributed by atoms with Crippen LogP contribution in [0.5, 0.6) is 0 Å². The SMILES string of the molecule is O=C(O)c1cc(Cl)cc(-c2cnsc2)n1. The van der Waals surface area contributed by atoms with Crippen LogP contribution in [0.1, 0.15) is 10.5 Å². The molecule has 0 aliphatic heterocycles. The van der Waals surface area contributed by atoms with E-state index in [0.717, 1.165) is 5.56 Å². The number of nitrogens with zero attached hydrogens (tertiary/aromatic N) is 2. The maximum Gasteiger partial charge on any atom is 0.354 e. The number of carboxylic acids is 1. The monoisotopic (exact) mass is 240 g/mol. The van der Waals surface area contributed by atoms with Crippen LogP contribution in [0.25, 0.3) is 11.3 Å². The molecule has 0 bridgehead atoms. The largest absolute Gasteiger partial charge is 0.477 e. The van der Waals surface area contributed by atoms with E-state index in [4.69, 9.17) is 16.7 Å². The van der Waals surface area contributed by atoms with E-state index >= 15 is 0 Å². The van der Waals surface area contributed by atoms with Gasteiger partial charge >= 0.3 is 5.97 Å². The van der Waals surface area contributed by atoms with Crippen LogP contribution in [-0.4, -0.2) is 20.4 Å². The van der Waals surface area contributed by atoms with Gasteiger partial charge in [0.25, 0.3) is 0 Å². The first-order chi connectivity index (χ1) is 7.16. The van der Waals surface area contributed by atoms with E-state index in [1.807, 2.05) is 0 Å². The summed E-state index contributed by atoms with van der Waals surface area (Å²) in [6, 6.07) is 2.92. The van der Waals surface area contributed by atoms with E-state index < -0.39 is 5.97 Å². The highest BCUT2D eigenvalue weighted by molar-refractivity contribution is 7.03. The van der Waals surface area contributed by atoms with Gasteiger partial charge in [-0.1, -0.05) is 11.6 Å². The van der Waals surface area contributed by atoms with Gasteiger partial charge in [-0.15, -0.1) is 0 Å². The molecule has 0 fully saturated rings. The Morgan fingerprint density at radius 3 is 2.87 bits per heavy atom. The van der Waals surface area contributed by atoms with E-state index in [9.17, 15) is 4.79 Å². The third-order valence-electron chi connectivity index (χ3n) is 1.74. The summed E-state index contributed by atoms with van der Waals surface area (Å²) in [5, 5.41) is 10.9. The molecule has 0 aromatic carbocycles. The molecule has 0 unspecified atom stereocenters. The molecule has 76 valence electrons. The van der Waals surface area contributed by atoms with Crippen molar-refractivity contribution < 1.29 is 9.90 Å². The van der Waals surface area contributed by atoms with E-state index in [0.29, 0.717) is 10.7 Å². The predicted octanol–water partition coefficient (Wildman–Crippen LogP) is 2.56. The van der Waals surface area contributed by atoms with Gasteiger partial charge in [0, 0.05) is 16.0 Å². The Balaban J connectivity index is 2.54. The van der Waals surface area contributed by atoms with Gasteiger partial charge in [0.15, 0.2) is 0 Å². The summed E-state index contributed by atoms with van der Waals surface area (Å²) in [5.74, 6) is -1.10. The topological polar surface area (TPSA) is 63.1 Å². The highest BCUT2D eigenvalue weighted by atomic mass is 35.5. The average molecular weight is 241 g/mol. The summed E-state index contributed by atoms with van der Waals surface area (Å²) in [7, 11) is 0. The lowest BCUT2D eigenvalue weighted by Gasteiger charge is -2.00. The fraction of sp³-hybridized carbons (Fsp3) is 0. The van der Waals surface area contributed by atoms with Gasteiger partial charge in [0.1, 0.15) is 5.69 Å². The van der Waals surface area contributed by atoms with Crippen molar-refractivity contribution in [2.45, 2.75) is 0 Å². The van der Waals surface area contributed by atoms with Crippen LogP contribution in [0.4, 0.5) is 0 Å². The van der Waals surface area contributed by atoms with Gasteiger partial charge in [-0.05, 0) is 23.7 Å². The zero-order chi connectivity index (χ0) is 10.8. The molecule has 0 saturated carbocycles. The molecule has 2 aromatic rings. The smallest absolute Gasteiger partial charge is 0.354 e. The maximum absolute atomic E-state index is 10.7. The Morgan fingerprint density at radius 2 is 2.27 bits per heavy atom. The molecule has 15 heavy (non-hydrogen) atoms. The van der Waals surface area contributed by atoms with E-state index in [1.54, 1.807) is 17.6 Å². The lowest BCUT2D eigenvalue weighted by molar-refractivity contribution is 0.0690. The van der Waals surface area contributed by atoms with Crippen molar-refractivity contribution in [2.75, 3.05) is 0 Å². The minimum absolute atomic E-state index is 0.0660. The minimum atomic E-state index is -1.10. The summed E-state index contributed by atoms with van der Waals surface area (Å²) in [6.07, 6.45) is 1.62. The van der Waals surface area contributed by atoms with Crippen molar-refractivity contribution >= 4 is 29.1 Å². The fourth-order valence-corrected chi connectivity index (χ4v) is 1.82. The average Bonchev–Trinajstić information content (AvgIpc) is 2.69. The first-order valence-electron chi connectivity index (χ1n) is 3.97. The second-order valence-corrected chi connectivity index (χ2v) is 3.87. The molecule has 0 saturated heterocycles. The number of carboxylic acid groups (broad SMARTS) is 1. The third kappa shape index (κ3) is 2.14. The molecule has 0 radical (unpaired) electrons. The van der Waals surface area contributed by atoms with Gasteiger partial charge in [0.2, 0.25) is 0 Å². The first kappa shape index (κ1) is 10.1. The Kier molecular flexibility index (Phi) is 2.66. The lowest BCUT2D eigenvalue weighted by Crippen LogP contribution is -2.00. The molecule has 0 aliphatic rings. The van der Waals surface area contributed by atoms with Crippen molar-refractivity contribution in [3.63, 3.8) is 0 Å². The quantitative estimate of drug-likeness (QED) is 0.876. The number of hydrogen-bond donors (Lipinski definition) is 1. The molecule has 4 nitrogen and oxygen atoms in total. The molecule has 1 N–H and O–H groups in total. The molecule has 0 atom stereocenters. The van der Waals surface area contributed by atoms with Crippen LogP contribution >= 0.6 is 23.1 Å². The summed E-state index contributed by atoms with van der Waals surface area (Å²) in [6.45, 7) is 0. The normalized spacial score (nSPS) is 10.2. The zero-order valence-corrected chi connectivity index (χ0v) is 8.92. The van der Waals surface area contributed by atoms with E-state index in [2.05, 4.69) is 9.36 Å². The van der Waals surface area contributed by atoms with Crippen molar-refractivity contribution in [1.29, 1.82) is 0 Å². The summed E-state index contributed by atoms with van der Waals surface area (Å²) >= 11 is 7.06. The second-order valence-electron chi connectivity index (χ2n) is 2.77. The molecule has 6 heteroatoms. The third-order valence-corrected chi connectivity index (χ3v) is 2.54. The van der Waals surface area contributed by atoms with Crippen molar-refractivity contribution in [3.05, 3.63) is 34.4 Å². The Morgan fingerprint density at radius 1 is 1.47 bits per heavy atom. The number of aromatic carboxylic acids is 1. The van der Waals surface area contributed by atoms with Gasteiger partial charge in [-0.3, -0.25) is 0 Å². The predicted molar refractivity (Wildman–Crippen MR) is 57.3 cm³/mol. The molecule has 0 aliphatic carbocycles. The maximum atomic E-state index is 10.7. The Hall–Kier alpha value is -1.46. The van der Waals surface area contributed by atoms with Crippen molar-refractivity contribution in [3.8, 4) is 11.3 Å². The lowest BCUT2D eigenvalue weighted by atomic mass is 10.2. The summed E-state index contributed by atoms with van der Waals surface area (Å²) < 4.78 is 3.91. The van der Waals surface area contributed by atoms with Gasteiger partial charge in [0.05, 0.1) is 11.9 Å². The zero-order valence-electron chi connectivity index (χ0n) is 7.35. The number of hydrogen-bond acceptors (Lipinski definition) is 4. The number of pyridine rings is 1. The fourth-order valence-electron chi connectivity index (χ4n) is 1.09. The molecule has 0 amide bonds. The first-order valence-corrected chi connectivity index (χ1v) is 5.19. The molecule has 2 heterocycles. The van der Waals surface area contributed by atoms with Crippen LogP contribution in [0.3, 0.4) is 0 Å². The number of halogens is 1. The van der Waals surface area contributed by atoms with Crippen molar-refractivity contribution in [1.82, 2.24) is 9.36 Å². The molecular weight excluding hydrogens is 236 g/mol. The molecule has 2 rings (SSSR count). The standard InChI is InChI=1S/C9H5ClN2O2S/c10-6-1-7(5-3-11-15-4-5)12-8(2-6)9(13)14/h1-4H,(H,13,14). The van der Waals surface area contributed by atoms with Crippen molar-refractivity contribution in [2.24, 2.45) is 0 Å². The van der Waals surface area contributed by atoms with Gasteiger partial charge in [-0.2, -0.15) is 0 Å². The van der Waals surface area contributed by atoms with E-state index in [-0.39, 0.29) is 5.69 Å². The molecule has 2 aromatic heterocycles. The van der Waals surface area contributed by atoms with Gasteiger partial charge < -0.3 is 5.11 Å². The van der Waals surface area contributed by atoms with Crippen LogP contribution in [0.15, 0.2) is 23.7 Å². The summed E-state index contributed by atoms with van der Waals surface area (Å²) in [4.78, 5) is 14.7. The van der Waals surface area contributed by atoms with Crippen LogP contribution in [0.2, 0.25) is 5.02 Å². The van der Waals surface area contributed by atoms with E-state index in [1.165, 1.54) is 17.6 Å². The van der Waals surface area contributed by atoms with Crippen LogP contribution in [-0.2, 0) is 0 Å². The number of rotatable bonds is 2. The Labute approximate surface area is 94.3 Å². The minimum Gasteiger partial charge on any atom is -0.477 e. The highest BCUT2D eigenvalue weighted by Crippen LogP contribution is 2.22. The molecule has 0 spiro atoms. The van der Waals surface area contributed by atoms with Gasteiger partial charge in [-0.25, -0.2) is 14.2 Å². The molecular formula is C9H5ClN2O2S. The summed E-state index contributed by atoms with van der Waals surface area (Å²) in [5.41, 5.74) is 1.22. The van der Waals surface area contributed by atoms with Crippen LogP contribution < -0.4 is 0 Å². The number of aromatic nitrogens is 2.